The molecule has 96 valence electrons. The van der Waals surface area contributed by atoms with Gasteiger partial charge in [0.1, 0.15) is 5.82 Å². The van der Waals surface area contributed by atoms with Crippen LogP contribution in [0.2, 0.25) is 0 Å². The lowest BCUT2D eigenvalue weighted by molar-refractivity contribution is 0.156. The lowest BCUT2D eigenvalue weighted by Crippen LogP contribution is -2.25. The molecule has 0 fully saturated rings. The van der Waals surface area contributed by atoms with Crippen molar-refractivity contribution in [3.05, 3.63) is 18.1 Å². The Morgan fingerprint density at radius 1 is 1.41 bits per heavy atom. The van der Waals surface area contributed by atoms with Gasteiger partial charge in [-0.15, -0.1) is 0 Å². The standard InChI is InChI=1S/C11H18F2N4/c1-3-4-14-5-9-6-15-7-11(16-9)17(2)8-10(12)13/h6-7,10,14H,3-5,8H2,1-2H3. The predicted octanol–water partition coefficient (Wildman–Crippen LogP) is 1.68. The van der Waals surface area contributed by atoms with Crippen LogP contribution in [0, 0.1) is 0 Å². The molecule has 0 saturated heterocycles. The number of halogens is 2. The molecule has 1 aromatic rings. The van der Waals surface area contributed by atoms with Gasteiger partial charge in [0, 0.05) is 19.8 Å². The summed E-state index contributed by atoms with van der Waals surface area (Å²) in [5, 5.41) is 3.19. The van der Waals surface area contributed by atoms with E-state index < -0.39 is 6.43 Å². The molecule has 0 aliphatic rings. The van der Waals surface area contributed by atoms with Crippen LogP contribution in [0.4, 0.5) is 14.6 Å². The molecule has 0 atom stereocenters. The molecule has 0 saturated carbocycles. The van der Waals surface area contributed by atoms with Gasteiger partial charge in [-0.3, -0.25) is 4.98 Å². The maximum Gasteiger partial charge on any atom is 0.255 e. The highest BCUT2D eigenvalue weighted by Gasteiger charge is 2.10. The number of nitrogens with zero attached hydrogens (tertiary/aromatic N) is 3. The van der Waals surface area contributed by atoms with Crippen LogP contribution in [-0.2, 0) is 6.54 Å². The van der Waals surface area contributed by atoms with Gasteiger partial charge in [-0.2, -0.15) is 0 Å². The molecule has 4 nitrogen and oxygen atoms in total. The zero-order valence-corrected chi connectivity index (χ0v) is 10.2. The Morgan fingerprint density at radius 3 is 2.82 bits per heavy atom. The van der Waals surface area contributed by atoms with E-state index in [1.165, 1.54) is 11.1 Å². The third-order valence-electron chi connectivity index (χ3n) is 2.21. The van der Waals surface area contributed by atoms with Crippen LogP contribution in [0.25, 0.3) is 0 Å². The normalized spacial score (nSPS) is 10.9. The maximum absolute atomic E-state index is 12.2. The van der Waals surface area contributed by atoms with Crippen LogP contribution in [0.5, 0.6) is 0 Å². The molecule has 0 aromatic carbocycles. The van der Waals surface area contributed by atoms with E-state index in [1.807, 2.05) is 0 Å². The molecule has 6 heteroatoms. The maximum atomic E-state index is 12.2. The fourth-order valence-electron chi connectivity index (χ4n) is 1.36. The largest absolute Gasteiger partial charge is 0.353 e. The van der Waals surface area contributed by atoms with E-state index in [9.17, 15) is 8.78 Å². The molecule has 0 unspecified atom stereocenters. The van der Waals surface area contributed by atoms with Gasteiger partial charge in [0.05, 0.1) is 18.4 Å². The highest BCUT2D eigenvalue weighted by molar-refractivity contribution is 5.35. The minimum absolute atomic E-state index is 0.333. The summed E-state index contributed by atoms with van der Waals surface area (Å²) in [7, 11) is 1.58. The number of hydrogen-bond donors (Lipinski definition) is 1. The van der Waals surface area contributed by atoms with E-state index in [1.54, 1.807) is 13.2 Å². The van der Waals surface area contributed by atoms with Crippen LogP contribution in [0.15, 0.2) is 12.4 Å². The third-order valence-corrected chi connectivity index (χ3v) is 2.21. The zero-order valence-electron chi connectivity index (χ0n) is 10.2. The Labute approximate surface area is 100 Å². The van der Waals surface area contributed by atoms with Crippen LogP contribution in [0.1, 0.15) is 19.0 Å². The fraction of sp³-hybridized carbons (Fsp3) is 0.636. The molecule has 17 heavy (non-hydrogen) atoms. The predicted molar refractivity (Wildman–Crippen MR) is 63.3 cm³/mol. The number of aromatic nitrogens is 2. The molecule has 1 heterocycles. The summed E-state index contributed by atoms with van der Waals surface area (Å²) in [4.78, 5) is 9.67. The third kappa shape index (κ3) is 5.04. The Balaban J connectivity index is 2.58. The summed E-state index contributed by atoms with van der Waals surface area (Å²) in [6.45, 7) is 3.25. The number of rotatable bonds is 7. The van der Waals surface area contributed by atoms with Gasteiger partial charge >= 0.3 is 0 Å². The summed E-state index contributed by atoms with van der Waals surface area (Å²) in [6.07, 6.45) is 1.80. The van der Waals surface area contributed by atoms with Crippen LogP contribution in [0.3, 0.4) is 0 Å². The number of anilines is 1. The lowest BCUT2D eigenvalue weighted by Gasteiger charge is -2.17. The first-order valence-corrected chi connectivity index (χ1v) is 5.64. The minimum Gasteiger partial charge on any atom is -0.353 e. The first-order valence-electron chi connectivity index (χ1n) is 5.64. The first kappa shape index (κ1) is 13.8. The van der Waals surface area contributed by atoms with Crippen molar-refractivity contribution in [2.45, 2.75) is 26.3 Å². The highest BCUT2D eigenvalue weighted by Crippen LogP contribution is 2.09. The highest BCUT2D eigenvalue weighted by atomic mass is 19.3. The summed E-state index contributed by atoms with van der Waals surface area (Å²) < 4.78 is 24.4. The lowest BCUT2D eigenvalue weighted by atomic mass is 10.4. The molecule has 0 bridgehead atoms. The molecule has 1 N–H and O–H groups in total. The van der Waals surface area contributed by atoms with Gasteiger partial charge < -0.3 is 10.2 Å². The van der Waals surface area contributed by atoms with E-state index in [0.717, 1.165) is 18.7 Å². The van der Waals surface area contributed by atoms with Crippen molar-refractivity contribution in [2.75, 3.05) is 25.0 Å². The summed E-state index contributed by atoms with van der Waals surface area (Å²) in [6, 6.07) is 0. The summed E-state index contributed by atoms with van der Waals surface area (Å²) in [5.41, 5.74) is 0.761. The molecule has 1 aromatic heterocycles. The second-order valence-electron chi connectivity index (χ2n) is 3.82. The Morgan fingerprint density at radius 2 is 2.18 bits per heavy atom. The van der Waals surface area contributed by atoms with Gasteiger partial charge in [0.2, 0.25) is 0 Å². The smallest absolute Gasteiger partial charge is 0.255 e. The Hall–Kier alpha value is -1.30. The van der Waals surface area contributed by atoms with Crippen molar-refractivity contribution in [1.29, 1.82) is 0 Å². The fourth-order valence-corrected chi connectivity index (χ4v) is 1.36. The van der Waals surface area contributed by atoms with E-state index in [0.29, 0.717) is 12.4 Å². The average molecular weight is 244 g/mol. The topological polar surface area (TPSA) is 41.1 Å². The van der Waals surface area contributed by atoms with Gasteiger partial charge in [-0.1, -0.05) is 6.92 Å². The van der Waals surface area contributed by atoms with Gasteiger partial charge in [0.25, 0.3) is 6.43 Å². The first-order chi connectivity index (χ1) is 8.13. The quantitative estimate of drug-likeness (QED) is 0.741. The van der Waals surface area contributed by atoms with E-state index >= 15 is 0 Å². The van der Waals surface area contributed by atoms with E-state index in [4.69, 9.17) is 0 Å². The summed E-state index contributed by atoms with van der Waals surface area (Å²) in [5.74, 6) is 0.473. The molecular formula is C11H18F2N4. The van der Waals surface area contributed by atoms with Crippen LogP contribution >= 0.6 is 0 Å². The number of hydrogen-bond acceptors (Lipinski definition) is 4. The van der Waals surface area contributed by atoms with Crippen molar-refractivity contribution >= 4 is 5.82 Å². The second kappa shape index (κ2) is 7.11. The van der Waals surface area contributed by atoms with Crippen molar-refractivity contribution < 1.29 is 8.78 Å². The number of nitrogens with one attached hydrogen (secondary N) is 1. The van der Waals surface area contributed by atoms with E-state index in [2.05, 4.69) is 22.2 Å². The zero-order chi connectivity index (χ0) is 12.7. The molecule has 0 spiro atoms. The minimum atomic E-state index is -2.37. The second-order valence-corrected chi connectivity index (χ2v) is 3.82. The van der Waals surface area contributed by atoms with Gasteiger partial charge in [-0.25, -0.2) is 13.8 Å². The molecule has 0 radical (unpaired) electrons. The molecule has 0 aliphatic carbocycles. The molecule has 0 aliphatic heterocycles. The van der Waals surface area contributed by atoms with Crippen molar-refractivity contribution in [1.82, 2.24) is 15.3 Å². The Kier molecular flexibility index (Phi) is 5.76. The SMILES string of the molecule is CCCNCc1cncc(N(C)CC(F)F)n1. The summed E-state index contributed by atoms with van der Waals surface area (Å²) >= 11 is 0. The van der Waals surface area contributed by atoms with Crippen molar-refractivity contribution in [3.63, 3.8) is 0 Å². The molecular weight excluding hydrogens is 226 g/mol. The van der Waals surface area contributed by atoms with Crippen LogP contribution < -0.4 is 10.2 Å². The Bertz CT molecular complexity index is 333. The van der Waals surface area contributed by atoms with Gasteiger partial charge in [0.15, 0.2) is 0 Å². The number of alkyl halides is 2. The van der Waals surface area contributed by atoms with Crippen molar-refractivity contribution in [2.24, 2.45) is 0 Å². The van der Waals surface area contributed by atoms with E-state index in [-0.39, 0.29) is 6.54 Å². The van der Waals surface area contributed by atoms with Crippen LogP contribution in [-0.4, -0.2) is 36.5 Å². The molecule has 0 amide bonds. The monoisotopic (exact) mass is 244 g/mol. The van der Waals surface area contributed by atoms with Gasteiger partial charge in [-0.05, 0) is 13.0 Å². The van der Waals surface area contributed by atoms with Crippen molar-refractivity contribution in [3.8, 4) is 0 Å². The average Bonchev–Trinajstić information content (AvgIpc) is 2.29. The molecule has 1 rings (SSSR count).